The average molecular weight is 252 g/mol. The van der Waals surface area contributed by atoms with E-state index in [1.54, 1.807) is 6.07 Å². The van der Waals surface area contributed by atoms with E-state index >= 15 is 0 Å². The van der Waals surface area contributed by atoms with Crippen LogP contribution >= 0.6 is 0 Å². The van der Waals surface area contributed by atoms with Gasteiger partial charge in [-0.1, -0.05) is 0 Å². The van der Waals surface area contributed by atoms with E-state index in [0.717, 1.165) is 26.2 Å². The number of rotatable bonds is 3. The Morgan fingerprint density at radius 3 is 2.67 bits per heavy atom. The van der Waals surface area contributed by atoms with Gasteiger partial charge < -0.3 is 19.7 Å². The fourth-order valence-corrected chi connectivity index (χ4v) is 1.84. The molecule has 1 aromatic rings. The number of piperazine rings is 1. The van der Waals surface area contributed by atoms with Crippen molar-refractivity contribution in [3.63, 3.8) is 0 Å². The third kappa shape index (κ3) is 2.51. The van der Waals surface area contributed by atoms with Crippen molar-refractivity contribution >= 4 is 11.8 Å². The van der Waals surface area contributed by atoms with E-state index in [4.69, 9.17) is 9.47 Å². The Kier molecular flexibility index (Phi) is 3.93. The molecule has 1 aliphatic heterocycles. The topological polar surface area (TPSA) is 76.6 Å². The molecule has 0 spiro atoms. The Morgan fingerprint density at radius 1 is 1.33 bits per heavy atom. The summed E-state index contributed by atoms with van der Waals surface area (Å²) in [6, 6.07) is 1.55. The molecule has 7 nitrogen and oxygen atoms in total. The largest absolute Gasteiger partial charge is 0.480 e. The van der Waals surface area contributed by atoms with Gasteiger partial charge in [0.25, 0.3) is 0 Å². The fraction of sp³-hybridized carbons (Fsp3) is 0.545. The van der Waals surface area contributed by atoms with Crippen LogP contribution in [0.3, 0.4) is 0 Å². The second kappa shape index (κ2) is 5.63. The van der Waals surface area contributed by atoms with Crippen LogP contribution in [0, 0.1) is 0 Å². The van der Waals surface area contributed by atoms with Gasteiger partial charge in [-0.25, -0.2) is 4.79 Å². The van der Waals surface area contributed by atoms with Crippen molar-refractivity contribution < 1.29 is 14.3 Å². The van der Waals surface area contributed by atoms with Crippen LogP contribution in [0.25, 0.3) is 0 Å². The van der Waals surface area contributed by atoms with E-state index in [2.05, 4.69) is 15.5 Å². The molecule has 0 radical (unpaired) electrons. The van der Waals surface area contributed by atoms with Crippen molar-refractivity contribution in [2.75, 3.05) is 45.3 Å². The molecule has 0 atom stereocenters. The smallest absolute Gasteiger partial charge is 0.341 e. The highest BCUT2D eigenvalue weighted by atomic mass is 16.5. The number of ether oxygens (including phenoxy) is 2. The molecular weight excluding hydrogens is 236 g/mol. The summed E-state index contributed by atoms with van der Waals surface area (Å²) in [4.78, 5) is 13.8. The van der Waals surface area contributed by atoms with Crippen LogP contribution in [0.1, 0.15) is 10.4 Å². The number of esters is 1. The van der Waals surface area contributed by atoms with Crippen LogP contribution < -0.4 is 15.0 Å². The minimum absolute atomic E-state index is 0.300. The maximum Gasteiger partial charge on any atom is 0.341 e. The van der Waals surface area contributed by atoms with Crippen molar-refractivity contribution in [1.82, 2.24) is 15.5 Å². The number of carbonyl (C=O) groups is 1. The van der Waals surface area contributed by atoms with Gasteiger partial charge >= 0.3 is 5.97 Å². The standard InChI is InChI=1S/C11H16N4O3/c1-17-9-7-8(11(16)18-2)10(14-13-9)15-5-3-12-4-6-15/h7,12H,3-6H2,1-2H3. The Labute approximate surface area is 105 Å². The molecule has 1 aliphatic rings. The van der Waals surface area contributed by atoms with Crippen molar-refractivity contribution in [3.05, 3.63) is 11.6 Å². The lowest BCUT2D eigenvalue weighted by molar-refractivity contribution is 0.0600. The third-order valence-corrected chi connectivity index (χ3v) is 2.78. The van der Waals surface area contributed by atoms with E-state index in [9.17, 15) is 4.79 Å². The Hall–Kier alpha value is -1.89. The Bertz CT molecular complexity index is 432. The van der Waals surface area contributed by atoms with Gasteiger partial charge in [-0.2, -0.15) is 0 Å². The lowest BCUT2D eigenvalue weighted by Crippen LogP contribution is -2.44. The molecule has 0 aliphatic carbocycles. The summed E-state index contributed by atoms with van der Waals surface area (Å²) in [6.07, 6.45) is 0. The number of nitrogens with one attached hydrogen (secondary N) is 1. The van der Waals surface area contributed by atoms with Gasteiger partial charge in [0.05, 0.1) is 14.2 Å². The van der Waals surface area contributed by atoms with Crippen molar-refractivity contribution in [1.29, 1.82) is 0 Å². The summed E-state index contributed by atoms with van der Waals surface area (Å²) in [5.41, 5.74) is 0.381. The predicted molar refractivity (Wildman–Crippen MR) is 65.0 cm³/mol. The number of methoxy groups -OCH3 is 2. The van der Waals surface area contributed by atoms with Gasteiger partial charge in [-0.05, 0) is 0 Å². The van der Waals surface area contributed by atoms with E-state index < -0.39 is 5.97 Å². The van der Waals surface area contributed by atoms with Gasteiger partial charge in [0.15, 0.2) is 5.82 Å². The number of hydrogen-bond acceptors (Lipinski definition) is 7. The first-order valence-corrected chi connectivity index (χ1v) is 5.72. The zero-order valence-corrected chi connectivity index (χ0v) is 10.5. The minimum atomic E-state index is -0.434. The predicted octanol–water partition coefficient (Wildman–Crippen LogP) is -0.319. The van der Waals surface area contributed by atoms with Crippen LogP contribution in [-0.2, 0) is 4.74 Å². The maximum atomic E-state index is 11.8. The van der Waals surface area contributed by atoms with E-state index in [1.165, 1.54) is 14.2 Å². The second-order valence-corrected chi connectivity index (χ2v) is 3.85. The second-order valence-electron chi connectivity index (χ2n) is 3.85. The van der Waals surface area contributed by atoms with Gasteiger partial charge in [0.1, 0.15) is 5.56 Å². The monoisotopic (exact) mass is 252 g/mol. The number of nitrogens with zero attached hydrogens (tertiary/aromatic N) is 3. The molecule has 2 rings (SSSR count). The number of hydrogen-bond donors (Lipinski definition) is 1. The molecule has 1 N–H and O–H groups in total. The molecular formula is C11H16N4O3. The van der Waals surface area contributed by atoms with Gasteiger partial charge in [0.2, 0.25) is 5.88 Å². The normalized spacial score (nSPS) is 15.3. The van der Waals surface area contributed by atoms with Crippen LogP contribution in [0.15, 0.2) is 6.07 Å². The third-order valence-electron chi connectivity index (χ3n) is 2.78. The quantitative estimate of drug-likeness (QED) is 0.739. The first kappa shape index (κ1) is 12.6. The van der Waals surface area contributed by atoms with E-state index in [1.807, 2.05) is 4.90 Å². The molecule has 18 heavy (non-hydrogen) atoms. The molecule has 2 heterocycles. The average Bonchev–Trinajstić information content (AvgIpc) is 2.46. The highest BCUT2D eigenvalue weighted by Gasteiger charge is 2.22. The van der Waals surface area contributed by atoms with Crippen molar-refractivity contribution in [2.24, 2.45) is 0 Å². The molecule has 0 bridgehead atoms. The summed E-state index contributed by atoms with van der Waals surface area (Å²) in [5.74, 6) is 0.412. The summed E-state index contributed by atoms with van der Waals surface area (Å²) in [5, 5.41) is 11.2. The van der Waals surface area contributed by atoms with Crippen LogP contribution in [0.4, 0.5) is 5.82 Å². The lowest BCUT2D eigenvalue weighted by Gasteiger charge is -2.29. The van der Waals surface area contributed by atoms with Gasteiger partial charge in [-0.3, -0.25) is 0 Å². The van der Waals surface area contributed by atoms with Crippen molar-refractivity contribution in [3.8, 4) is 5.88 Å². The van der Waals surface area contributed by atoms with E-state index in [-0.39, 0.29) is 0 Å². The molecule has 0 saturated carbocycles. The first-order chi connectivity index (χ1) is 8.76. The minimum Gasteiger partial charge on any atom is -0.480 e. The molecule has 1 saturated heterocycles. The molecule has 7 heteroatoms. The molecule has 0 unspecified atom stereocenters. The molecule has 0 amide bonds. The highest BCUT2D eigenvalue weighted by molar-refractivity contribution is 5.95. The molecule has 0 aromatic carbocycles. The van der Waals surface area contributed by atoms with Gasteiger partial charge in [0, 0.05) is 32.2 Å². The summed E-state index contributed by atoms with van der Waals surface area (Å²) in [6.45, 7) is 3.28. The Morgan fingerprint density at radius 2 is 2.06 bits per heavy atom. The lowest BCUT2D eigenvalue weighted by atomic mass is 10.2. The molecule has 1 fully saturated rings. The van der Waals surface area contributed by atoms with E-state index in [0.29, 0.717) is 17.3 Å². The fourth-order valence-electron chi connectivity index (χ4n) is 1.84. The number of aromatic nitrogens is 2. The highest BCUT2D eigenvalue weighted by Crippen LogP contribution is 2.21. The number of carbonyl (C=O) groups excluding carboxylic acids is 1. The summed E-state index contributed by atoms with van der Waals surface area (Å²) >= 11 is 0. The van der Waals surface area contributed by atoms with Crippen LogP contribution in [-0.4, -0.2) is 56.6 Å². The first-order valence-electron chi connectivity index (χ1n) is 5.72. The zero-order chi connectivity index (χ0) is 13.0. The molecule has 98 valence electrons. The van der Waals surface area contributed by atoms with Gasteiger partial charge in [-0.15, -0.1) is 10.2 Å². The summed E-state index contributed by atoms with van der Waals surface area (Å²) in [7, 11) is 2.83. The molecule has 1 aromatic heterocycles. The SMILES string of the molecule is COC(=O)c1cc(OC)nnc1N1CCNCC1. The number of anilines is 1. The summed E-state index contributed by atoms with van der Waals surface area (Å²) < 4.78 is 9.74. The van der Waals surface area contributed by atoms with Crippen LogP contribution in [0.2, 0.25) is 0 Å². The zero-order valence-electron chi connectivity index (χ0n) is 10.5. The maximum absolute atomic E-state index is 11.8. The Balaban J connectivity index is 2.35. The van der Waals surface area contributed by atoms with Crippen molar-refractivity contribution in [2.45, 2.75) is 0 Å². The van der Waals surface area contributed by atoms with Crippen LogP contribution in [0.5, 0.6) is 5.88 Å².